The average Bonchev–Trinajstić information content (AvgIpc) is 3.38. The lowest BCUT2D eigenvalue weighted by Crippen LogP contribution is -2.50. The molecular formula is C38H47N3O8Si. The molecule has 2 heterocycles. The van der Waals surface area contributed by atoms with Gasteiger partial charge in [0.2, 0.25) is 5.91 Å². The van der Waals surface area contributed by atoms with Crippen LogP contribution in [0.4, 0.5) is 5.82 Å². The minimum Gasteiger partial charge on any atom is -0.497 e. The highest BCUT2D eigenvalue weighted by molar-refractivity contribution is 6.74. The molecule has 1 fully saturated rings. The van der Waals surface area contributed by atoms with Crippen LogP contribution in [0, 0.1) is 0 Å². The van der Waals surface area contributed by atoms with Crippen molar-refractivity contribution in [3.63, 3.8) is 0 Å². The quantitative estimate of drug-likeness (QED) is 0.138. The Kier molecular flexibility index (Phi) is 11.0. The molecule has 50 heavy (non-hydrogen) atoms. The third-order valence-corrected chi connectivity index (χ3v) is 14.1. The number of aliphatic hydroxyl groups is 1. The van der Waals surface area contributed by atoms with Gasteiger partial charge in [-0.15, -0.1) is 0 Å². The molecule has 4 aromatic rings. The maximum absolute atomic E-state index is 13.2. The first-order valence-corrected chi connectivity index (χ1v) is 19.5. The number of rotatable bonds is 12. The molecule has 11 nitrogen and oxygen atoms in total. The van der Waals surface area contributed by atoms with Gasteiger partial charge in [0.15, 0.2) is 14.5 Å². The number of nitrogens with one attached hydrogen (secondary N) is 1. The fraction of sp³-hybridized carbons (Fsp3) is 0.395. The number of methoxy groups -OCH3 is 2. The standard InChI is InChI=1S/C38H47N3O8Si/c1-25(42)39-32-22-23-41(36(44)40-32)35-33(43)34(49-50(7,8)37(2,3)4)31(48-35)24-47-38(26-12-10-9-11-13-26,27-14-18-29(45-5)19-15-27)28-16-20-30(46-6)21-17-28/h9-23,31,33-35,43H,24H2,1-8H3,(H,39,40,42,44)/t31-,33?,34+,35?/m0/s1. The molecular weight excluding hydrogens is 655 g/mol. The largest absolute Gasteiger partial charge is 0.497 e. The van der Waals surface area contributed by atoms with Gasteiger partial charge in [0.05, 0.1) is 20.8 Å². The van der Waals surface area contributed by atoms with E-state index in [4.69, 9.17) is 23.4 Å². The van der Waals surface area contributed by atoms with Crippen LogP contribution in [-0.2, 0) is 24.3 Å². The summed E-state index contributed by atoms with van der Waals surface area (Å²) in [4.78, 5) is 28.8. The van der Waals surface area contributed by atoms with E-state index in [1.807, 2.05) is 78.9 Å². The fourth-order valence-electron chi connectivity index (χ4n) is 5.88. The maximum Gasteiger partial charge on any atom is 0.351 e. The van der Waals surface area contributed by atoms with Crippen molar-refractivity contribution in [3.05, 3.63) is 118 Å². The summed E-state index contributed by atoms with van der Waals surface area (Å²) in [6, 6.07) is 26.8. The topological polar surface area (TPSA) is 130 Å². The molecule has 5 rings (SSSR count). The number of carbonyl (C=O) groups excluding carboxylic acids is 1. The van der Waals surface area contributed by atoms with Gasteiger partial charge in [-0.25, -0.2) is 4.79 Å². The van der Waals surface area contributed by atoms with E-state index >= 15 is 0 Å². The van der Waals surface area contributed by atoms with Gasteiger partial charge in [-0.3, -0.25) is 9.36 Å². The van der Waals surface area contributed by atoms with Gasteiger partial charge >= 0.3 is 5.69 Å². The van der Waals surface area contributed by atoms with E-state index < -0.39 is 44.1 Å². The van der Waals surface area contributed by atoms with Crippen LogP contribution in [0.1, 0.15) is 50.6 Å². The molecule has 0 spiro atoms. The van der Waals surface area contributed by atoms with Crippen molar-refractivity contribution >= 4 is 20.0 Å². The maximum atomic E-state index is 13.2. The van der Waals surface area contributed by atoms with Crippen molar-refractivity contribution in [3.8, 4) is 11.5 Å². The van der Waals surface area contributed by atoms with E-state index in [0.717, 1.165) is 16.7 Å². The number of hydrogen-bond donors (Lipinski definition) is 2. The zero-order chi connectivity index (χ0) is 36.3. The minimum atomic E-state index is -2.49. The van der Waals surface area contributed by atoms with Crippen LogP contribution in [0.25, 0.3) is 0 Å². The summed E-state index contributed by atoms with van der Waals surface area (Å²) in [5.41, 5.74) is 0.692. The molecule has 2 N–H and O–H groups in total. The Hall–Kier alpha value is -4.33. The molecule has 12 heteroatoms. The summed E-state index contributed by atoms with van der Waals surface area (Å²) in [7, 11) is 0.754. The number of nitrogens with zero attached hydrogens (tertiary/aromatic N) is 2. The first-order chi connectivity index (χ1) is 23.7. The second-order valence-corrected chi connectivity index (χ2v) is 18.7. The molecule has 1 aliphatic heterocycles. The number of anilines is 1. The van der Waals surface area contributed by atoms with Crippen LogP contribution in [0.5, 0.6) is 11.5 Å². The van der Waals surface area contributed by atoms with E-state index in [1.54, 1.807) is 14.2 Å². The fourth-order valence-corrected chi connectivity index (χ4v) is 7.21. The van der Waals surface area contributed by atoms with Crippen molar-refractivity contribution in [1.82, 2.24) is 9.55 Å². The zero-order valence-corrected chi connectivity index (χ0v) is 30.9. The van der Waals surface area contributed by atoms with Gasteiger partial charge < -0.3 is 33.8 Å². The highest BCUT2D eigenvalue weighted by Gasteiger charge is 2.51. The predicted octanol–water partition coefficient (Wildman–Crippen LogP) is 5.88. The van der Waals surface area contributed by atoms with Crippen molar-refractivity contribution in [2.24, 2.45) is 0 Å². The van der Waals surface area contributed by atoms with Gasteiger partial charge in [0, 0.05) is 13.1 Å². The van der Waals surface area contributed by atoms with Crippen molar-refractivity contribution in [1.29, 1.82) is 0 Å². The molecule has 1 amide bonds. The van der Waals surface area contributed by atoms with Gasteiger partial charge in [-0.1, -0.05) is 75.4 Å². The first kappa shape index (κ1) is 36.9. The average molecular weight is 702 g/mol. The van der Waals surface area contributed by atoms with Crippen LogP contribution >= 0.6 is 0 Å². The first-order valence-electron chi connectivity index (χ1n) is 16.6. The zero-order valence-electron chi connectivity index (χ0n) is 29.9. The van der Waals surface area contributed by atoms with Gasteiger partial charge in [-0.2, -0.15) is 4.98 Å². The third-order valence-electron chi connectivity index (χ3n) is 9.59. The molecule has 0 saturated carbocycles. The van der Waals surface area contributed by atoms with Crippen LogP contribution in [0.3, 0.4) is 0 Å². The Labute approximate surface area is 294 Å². The summed E-state index contributed by atoms with van der Waals surface area (Å²) in [5, 5.41) is 14.2. The Morgan fingerprint density at radius 1 is 0.900 bits per heavy atom. The summed E-state index contributed by atoms with van der Waals surface area (Å²) in [6.07, 6.45) is -2.56. The molecule has 266 valence electrons. The van der Waals surface area contributed by atoms with Gasteiger partial charge in [0.25, 0.3) is 0 Å². The number of hydrogen-bond acceptors (Lipinski definition) is 9. The molecule has 0 radical (unpaired) electrons. The highest BCUT2D eigenvalue weighted by atomic mass is 28.4. The van der Waals surface area contributed by atoms with E-state index in [1.165, 1.54) is 23.8 Å². The second kappa shape index (κ2) is 14.9. The third kappa shape index (κ3) is 7.54. The monoisotopic (exact) mass is 701 g/mol. The molecule has 0 bridgehead atoms. The Morgan fingerprint density at radius 3 is 1.92 bits per heavy atom. The molecule has 3 aromatic carbocycles. The Morgan fingerprint density at radius 2 is 1.44 bits per heavy atom. The predicted molar refractivity (Wildman–Crippen MR) is 193 cm³/mol. The summed E-state index contributed by atoms with van der Waals surface area (Å²) in [5.74, 6) is 1.14. The van der Waals surface area contributed by atoms with Gasteiger partial charge in [0.1, 0.15) is 41.2 Å². The van der Waals surface area contributed by atoms with Crippen molar-refractivity contribution < 1.29 is 33.3 Å². The number of ether oxygens (including phenoxy) is 4. The highest BCUT2D eigenvalue weighted by Crippen LogP contribution is 2.45. The van der Waals surface area contributed by atoms with Crippen LogP contribution < -0.4 is 20.5 Å². The molecule has 1 aromatic heterocycles. The van der Waals surface area contributed by atoms with Gasteiger partial charge in [-0.05, 0) is 65.2 Å². The lowest BCUT2D eigenvalue weighted by atomic mass is 9.80. The lowest BCUT2D eigenvalue weighted by Gasteiger charge is -2.41. The second-order valence-electron chi connectivity index (χ2n) is 13.9. The molecule has 4 atom stereocenters. The van der Waals surface area contributed by atoms with Crippen molar-refractivity contribution in [2.45, 2.75) is 76.0 Å². The number of benzene rings is 3. The van der Waals surface area contributed by atoms with E-state index in [0.29, 0.717) is 11.5 Å². The smallest absolute Gasteiger partial charge is 0.351 e. The molecule has 1 saturated heterocycles. The minimum absolute atomic E-state index is 0.0219. The summed E-state index contributed by atoms with van der Waals surface area (Å²) < 4.78 is 32.7. The number of aromatic nitrogens is 2. The molecule has 2 unspecified atom stereocenters. The van der Waals surface area contributed by atoms with E-state index in [2.05, 4.69) is 44.2 Å². The van der Waals surface area contributed by atoms with E-state index in [9.17, 15) is 14.7 Å². The summed E-state index contributed by atoms with van der Waals surface area (Å²) >= 11 is 0. The number of carbonyl (C=O) groups is 1. The number of amides is 1. The lowest BCUT2D eigenvalue weighted by molar-refractivity contribution is -0.114. The Balaban J connectivity index is 1.60. The van der Waals surface area contributed by atoms with Crippen LogP contribution in [0.15, 0.2) is 95.9 Å². The van der Waals surface area contributed by atoms with E-state index in [-0.39, 0.29) is 23.4 Å². The SMILES string of the molecule is COc1ccc(C(OC[C@@H]2OC(n3ccc(NC(C)=O)nc3=O)C(O)[C@@H]2O[Si](C)(C)C(C)(C)C)(c2ccccc2)c2ccc(OC)cc2)cc1. The molecule has 0 aliphatic carbocycles. The summed E-state index contributed by atoms with van der Waals surface area (Å²) in [6.45, 7) is 11.9. The molecule has 1 aliphatic rings. The number of aliphatic hydroxyl groups excluding tert-OH is 1. The van der Waals surface area contributed by atoms with Crippen LogP contribution in [-0.4, -0.2) is 68.0 Å². The van der Waals surface area contributed by atoms with Crippen LogP contribution in [0.2, 0.25) is 18.1 Å². The van der Waals surface area contributed by atoms with Crippen molar-refractivity contribution in [2.75, 3.05) is 26.1 Å². The Bertz CT molecular complexity index is 1760. The normalized spacial score (nSPS) is 19.6.